The second-order valence-corrected chi connectivity index (χ2v) is 7.16. The highest BCUT2D eigenvalue weighted by Gasteiger charge is 2.41. The molecule has 0 fully saturated rings. The van der Waals surface area contributed by atoms with Crippen molar-refractivity contribution < 1.29 is 18.8 Å². The Kier molecular flexibility index (Phi) is 4.61. The highest BCUT2D eigenvalue weighted by Crippen LogP contribution is 2.40. The summed E-state index contributed by atoms with van der Waals surface area (Å²) in [6, 6.07) is 5.28. The van der Waals surface area contributed by atoms with E-state index in [9.17, 15) is 9.59 Å². The van der Waals surface area contributed by atoms with Crippen LogP contribution in [0.2, 0.25) is 0 Å². The first-order valence-corrected chi connectivity index (χ1v) is 8.84. The number of Topliss-reactive ketones (excluding diaryl/α,β-unsaturated/α-hetero) is 1. The van der Waals surface area contributed by atoms with Crippen molar-refractivity contribution >= 4 is 17.4 Å². The number of anilines is 1. The van der Waals surface area contributed by atoms with Crippen LogP contribution in [-0.2, 0) is 11.3 Å². The number of carbonyl (C=O) groups excluding carboxylic acids is 2. The van der Waals surface area contributed by atoms with Crippen LogP contribution in [0.25, 0.3) is 0 Å². The summed E-state index contributed by atoms with van der Waals surface area (Å²) in [5.41, 5.74) is 1.83. The molecule has 6 heteroatoms. The van der Waals surface area contributed by atoms with Crippen LogP contribution in [0.15, 0.2) is 22.7 Å². The number of aryl methyl sites for hydroxylation is 2. The van der Waals surface area contributed by atoms with Crippen LogP contribution >= 0.6 is 0 Å². The fourth-order valence-corrected chi connectivity index (χ4v) is 3.16. The maximum atomic E-state index is 13.0. The van der Waals surface area contributed by atoms with Crippen LogP contribution in [0, 0.1) is 13.8 Å². The molecule has 0 N–H and O–H groups in total. The first kappa shape index (κ1) is 18.2. The van der Waals surface area contributed by atoms with E-state index in [1.54, 1.807) is 36.9 Å². The van der Waals surface area contributed by atoms with Crippen LogP contribution in [0.4, 0.5) is 5.69 Å². The maximum Gasteiger partial charge on any atom is 0.271 e. The molecular formula is C20H24N2O4. The number of rotatable bonds is 5. The van der Waals surface area contributed by atoms with E-state index in [-0.39, 0.29) is 11.7 Å². The number of ketones is 1. The molecule has 6 nitrogen and oxygen atoms in total. The number of fused-ring (bicyclic) bond motifs is 1. The van der Waals surface area contributed by atoms with E-state index in [1.807, 2.05) is 20.8 Å². The minimum Gasteiger partial charge on any atom is -0.476 e. The highest BCUT2D eigenvalue weighted by atomic mass is 16.5. The molecule has 2 aromatic rings. The van der Waals surface area contributed by atoms with Gasteiger partial charge in [-0.25, -0.2) is 0 Å². The average molecular weight is 356 g/mol. The van der Waals surface area contributed by atoms with Crippen molar-refractivity contribution in [3.05, 3.63) is 40.8 Å². The molecule has 0 bridgehead atoms. The van der Waals surface area contributed by atoms with Crippen molar-refractivity contribution in [2.45, 2.75) is 59.6 Å². The average Bonchev–Trinajstić information content (AvgIpc) is 2.90. The van der Waals surface area contributed by atoms with Gasteiger partial charge in [-0.3, -0.25) is 9.59 Å². The number of hydrogen-bond donors (Lipinski definition) is 0. The number of nitrogens with zero attached hydrogens (tertiary/aromatic N) is 2. The smallest absolute Gasteiger partial charge is 0.271 e. The van der Waals surface area contributed by atoms with Gasteiger partial charge in [-0.1, -0.05) is 12.1 Å². The zero-order valence-electron chi connectivity index (χ0n) is 15.9. The zero-order chi connectivity index (χ0) is 19.1. The molecule has 1 aliphatic rings. The first-order chi connectivity index (χ1) is 12.2. The van der Waals surface area contributed by atoms with Gasteiger partial charge in [0.25, 0.3) is 5.91 Å². The van der Waals surface area contributed by atoms with Gasteiger partial charge >= 0.3 is 0 Å². The molecular weight excluding hydrogens is 332 g/mol. The fourth-order valence-electron chi connectivity index (χ4n) is 3.16. The third kappa shape index (κ3) is 3.11. The number of carbonyl (C=O) groups is 2. The summed E-state index contributed by atoms with van der Waals surface area (Å²) >= 11 is 0. The largest absolute Gasteiger partial charge is 0.476 e. The van der Waals surface area contributed by atoms with Gasteiger partial charge in [0.1, 0.15) is 11.5 Å². The van der Waals surface area contributed by atoms with E-state index < -0.39 is 5.60 Å². The maximum absolute atomic E-state index is 13.0. The Hall–Kier alpha value is -2.63. The Morgan fingerprint density at radius 3 is 2.62 bits per heavy atom. The first-order valence-electron chi connectivity index (χ1n) is 8.84. The predicted molar refractivity (Wildman–Crippen MR) is 97.6 cm³/mol. The van der Waals surface area contributed by atoms with Crippen LogP contribution in [0.1, 0.15) is 61.0 Å². The summed E-state index contributed by atoms with van der Waals surface area (Å²) in [6.45, 7) is 9.46. The van der Waals surface area contributed by atoms with Gasteiger partial charge in [0.05, 0.1) is 17.9 Å². The van der Waals surface area contributed by atoms with E-state index in [0.717, 1.165) is 17.7 Å². The molecule has 0 aliphatic carbocycles. The van der Waals surface area contributed by atoms with Crippen LogP contribution in [0.3, 0.4) is 0 Å². The molecule has 0 spiro atoms. The van der Waals surface area contributed by atoms with Gasteiger partial charge in [0, 0.05) is 17.5 Å². The lowest BCUT2D eigenvalue weighted by Gasteiger charge is -2.39. The lowest BCUT2D eigenvalue weighted by molar-refractivity contribution is -0.132. The van der Waals surface area contributed by atoms with Crippen LogP contribution < -0.4 is 9.64 Å². The second-order valence-electron chi connectivity index (χ2n) is 7.16. The molecule has 1 aromatic heterocycles. The summed E-state index contributed by atoms with van der Waals surface area (Å²) in [7, 11) is 0. The quantitative estimate of drug-likeness (QED) is 0.758. The molecule has 1 amide bonds. The fraction of sp³-hybridized carbons (Fsp3) is 0.450. The predicted octanol–water partition coefficient (Wildman–Crippen LogP) is 3.98. The van der Waals surface area contributed by atoms with Gasteiger partial charge in [0.15, 0.2) is 11.4 Å². The van der Waals surface area contributed by atoms with Crippen molar-refractivity contribution in [3.8, 4) is 5.75 Å². The Morgan fingerprint density at radius 2 is 2.00 bits per heavy atom. The Bertz CT molecular complexity index is 847. The Labute approximate surface area is 153 Å². The molecule has 2 heterocycles. The van der Waals surface area contributed by atoms with Crippen LogP contribution in [-0.4, -0.2) is 22.4 Å². The number of amides is 1. The second kappa shape index (κ2) is 6.59. The Balaban J connectivity index is 2.06. The summed E-state index contributed by atoms with van der Waals surface area (Å²) in [5, 5.41) is 3.97. The van der Waals surface area contributed by atoms with E-state index in [0.29, 0.717) is 35.7 Å². The molecule has 26 heavy (non-hydrogen) atoms. The molecule has 3 rings (SSSR count). The van der Waals surface area contributed by atoms with Gasteiger partial charge in [-0.15, -0.1) is 0 Å². The normalized spacial score (nSPS) is 15.6. The molecule has 138 valence electrons. The summed E-state index contributed by atoms with van der Waals surface area (Å²) in [5.74, 6) is 1.17. The van der Waals surface area contributed by atoms with Crippen molar-refractivity contribution in [3.63, 3.8) is 0 Å². The van der Waals surface area contributed by atoms with E-state index >= 15 is 0 Å². The topological polar surface area (TPSA) is 72.6 Å². The minimum absolute atomic E-state index is 0.0601. The molecule has 1 aliphatic heterocycles. The van der Waals surface area contributed by atoms with Gasteiger partial charge in [-0.05, 0) is 52.3 Å². The standard InChI is InChI=1S/C20H24N2O4/c1-6-7-17(23)14-8-9-18-16(10-14)22(19(24)20(4,5)25-18)11-15-12(2)21-26-13(15)3/h8-10H,6-7,11H2,1-5H3. The highest BCUT2D eigenvalue weighted by molar-refractivity contribution is 6.04. The van der Waals surface area contributed by atoms with E-state index in [1.165, 1.54) is 0 Å². The Morgan fingerprint density at radius 1 is 1.27 bits per heavy atom. The van der Waals surface area contributed by atoms with Crippen molar-refractivity contribution in [1.82, 2.24) is 5.16 Å². The summed E-state index contributed by atoms with van der Waals surface area (Å²) in [6.07, 6.45) is 1.25. The number of benzene rings is 1. The number of hydrogen-bond acceptors (Lipinski definition) is 5. The summed E-state index contributed by atoms with van der Waals surface area (Å²) < 4.78 is 11.1. The monoisotopic (exact) mass is 356 g/mol. The molecule has 0 saturated carbocycles. The van der Waals surface area contributed by atoms with Crippen molar-refractivity contribution in [2.75, 3.05) is 4.90 Å². The summed E-state index contributed by atoms with van der Waals surface area (Å²) in [4.78, 5) is 27.0. The van der Waals surface area contributed by atoms with Gasteiger partial charge < -0.3 is 14.2 Å². The van der Waals surface area contributed by atoms with Gasteiger partial charge in [-0.2, -0.15) is 0 Å². The van der Waals surface area contributed by atoms with Crippen molar-refractivity contribution in [1.29, 1.82) is 0 Å². The third-order valence-electron chi connectivity index (χ3n) is 4.67. The van der Waals surface area contributed by atoms with Crippen LogP contribution in [0.5, 0.6) is 5.75 Å². The number of ether oxygens (including phenoxy) is 1. The zero-order valence-corrected chi connectivity index (χ0v) is 15.9. The molecule has 0 saturated heterocycles. The van der Waals surface area contributed by atoms with Gasteiger partial charge in [0.2, 0.25) is 0 Å². The third-order valence-corrected chi connectivity index (χ3v) is 4.67. The minimum atomic E-state index is -0.985. The lowest BCUT2D eigenvalue weighted by atomic mass is 9.99. The molecule has 0 atom stereocenters. The molecule has 0 radical (unpaired) electrons. The molecule has 0 unspecified atom stereocenters. The number of aromatic nitrogens is 1. The van der Waals surface area contributed by atoms with Crippen molar-refractivity contribution in [2.24, 2.45) is 0 Å². The van der Waals surface area contributed by atoms with E-state index in [4.69, 9.17) is 9.26 Å². The molecule has 1 aromatic carbocycles. The lowest BCUT2D eigenvalue weighted by Crippen LogP contribution is -2.52. The SMILES string of the molecule is CCCC(=O)c1ccc2c(c1)N(Cc1c(C)noc1C)C(=O)C(C)(C)O2. The van der Waals surface area contributed by atoms with E-state index in [2.05, 4.69) is 5.16 Å².